The molecule has 0 unspecified atom stereocenters. The van der Waals surface area contributed by atoms with E-state index >= 15 is 0 Å². The van der Waals surface area contributed by atoms with Crippen LogP contribution in [0.3, 0.4) is 0 Å². The SMILES string of the molecule is COc1ccc(S(C)(=O)=O)cc1S(=O)(=O)N1CCN[C@H](C)C1.Cl. The molecule has 1 aliphatic rings. The summed E-state index contributed by atoms with van der Waals surface area (Å²) < 4.78 is 55.4. The molecular formula is C13H21ClN2O5S2. The largest absolute Gasteiger partial charge is 0.495 e. The molecule has 10 heteroatoms. The number of benzene rings is 1. The average Bonchev–Trinajstić information content (AvgIpc) is 2.45. The van der Waals surface area contributed by atoms with Crippen molar-refractivity contribution in [1.82, 2.24) is 9.62 Å². The van der Waals surface area contributed by atoms with E-state index in [2.05, 4.69) is 5.32 Å². The van der Waals surface area contributed by atoms with Gasteiger partial charge in [0.1, 0.15) is 10.6 Å². The van der Waals surface area contributed by atoms with Crippen LogP contribution < -0.4 is 10.1 Å². The van der Waals surface area contributed by atoms with Gasteiger partial charge in [0.05, 0.1) is 12.0 Å². The number of hydrogen-bond donors (Lipinski definition) is 1. The summed E-state index contributed by atoms with van der Waals surface area (Å²) in [4.78, 5) is -0.165. The number of rotatable bonds is 4. The molecule has 0 amide bonds. The molecule has 0 saturated carbocycles. The molecule has 7 nitrogen and oxygen atoms in total. The van der Waals surface area contributed by atoms with Gasteiger partial charge in [-0.2, -0.15) is 4.31 Å². The normalized spacial score (nSPS) is 19.9. The molecule has 1 aliphatic heterocycles. The standard InChI is InChI=1S/C13H20N2O5S2.ClH/c1-10-9-15(7-6-14-10)22(18,19)13-8-11(21(3,16)17)4-5-12(13)20-2;/h4-5,8,10,14H,6-7,9H2,1-3H3;1H/t10-;/m1./s1. The second-order valence-electron chi connectivity index (χ2n) is 5.30. The average molecular weight is 385 g/mol. The number of piperazine rings is 1. The van der Waals surface area contributed by atoms with Crippen LogP contribution in [0.5, 0.6) is 5.75 Å². The van der Waals surface area contributed by atoms with Crippen LogP contribution in [0.15, 0.2) is 28.0 Å². The number of sulfonamides is 1. The third-order valence-corrected chi connectivity index (χ3v) is 6.51. The topological polar surface area (TPSA) is 92.8 Å². The second kappa shape index (κ2) is 7.35. The van der Waals surface area contributed by atoms with Crippen molar-refractivity contribution in [2.24, 2.45) is 0 Å². The Morgan fingerprint density at radius 1 is 1.26 bits per heavy atom. The minimum absolute atomic E-state index is 0. The first-order chi connectivity index (χ1) is 10.2. The van der Waals surface area contributed by atoms with E-state index in [0.29, 0.717) is 19.6 Å². The lowest BCUT2D eigenvalue weighted by atomic mass is 10.3. The first-order valence-electron chi connectivity index (χ1n) is 6.78. The maximum atomic E-state index is 12.8. The van der Waals surface area contributed by atoms with Gasteiger partial charge >= 0.3 is 0 Å². The molecule has 2 rings (SSSR count). The Morgan fingerprint density at radius 3 is 2.43 bits per heavy atom. The summed E-state index contributed by atoms with van der Waals surface area (Å²) >= 11 is 0. The van der Waals surface area contributed by atoms with Crippen LogP contribution in [0, 0.1) is 0 Å². The van der Waals surface area contributed by atoms with Crippen LogP contribution in [0.2, 0.25) is 0 Å². The first-order valence-corrected chi connectivity index (χ1v) is 10.1. The zero-order chi connectivity index (χ0) is 16.5. The van der Waals surface area contributed by atoms with E-state index in [1.54, 1.807) is 0 Å². The summed E-state index contributed by atoms with van der Waals surface area (Å²) in [5.41, 5.74) is 0. The van der Waals surface area contributed by atoms with Gasteiger partial charge in [-0.3, -0.25) is 0 Å². The van der Waals surface area contributed by atoms with Crippen molar-refractivity contribution in [2.75, 3.05) is 33.0 Å². The van der Waals surface area contributed by atoms with Gasteiger partial charge in [-0.05, 0) is 25.1 Å². The molecule has 23 heavy (non-hydrogen) atoms. The molecule has 1 aromatic carbocycles. The Hall–Kier alpha value is -0.870. The highest BCUT2D eigenvalue weighted by Crippen LogP contribution is 2.29. The fourth-order valence-corrected chi connectivity index (χ4v) is 4.78. The summed E-state index contributed by atoms with van der Waals surface area (Å²) in [5.74, 6) is 0.138. The number of hydrogen-bond acceptors (Lipinski definition) is 6. The molecule has 0 aromatic heterocycles. The Morgan fingerprint density at radius 2 is 1.91 bits per heavy atom. The van der Waals surface area contributed by atoms with Crippen molar-refractivity contribution in [2.45, 2.75) is 22.8 Å². The first kappa shape index (κ1) is 20.2. The van der Waals surface area contributed by atoms with Gasteiger partial charge in [-0.15, -0.1) is 12.4 Å². The fourth-order valence-electron chi connectivity index (χ4n) is 2.34. The van der Waals surface area contributed by atoms with Crippen molar-refractivity contribution in [1.29, 1.82) is 0 Å². The molecule has 1 N–H and O–H groups in total. The number of nitrogens with one attached hydrogen (secondary N) is 1. The molecule has 1 saturated heterocycles. The lowest BCUT2D eigenvalue weighted by Crippen LogP contribution is -2.51. The smallest absolute Gasteiger partial charge is 0.246 e. The van der Waals surface area contributed by atoms with E-state index in [1.165, 1.54) is 23.5 Å². The highest BCUT2D eigenvalue weighted by atomic mass is 35.5. The third-order valence-electron chi connectivity index (χ3n) is 3.51. The summed E-state index contributed by atoms with van der Waals surface area (Å²) in [6.45, 7) is 3.10. The zero-order valence-corrected chi connectivity index (χ0v) is 15.6. The van der Waals surface area contributed by atoms with Gasteiger partial charge < -0.3 is 10.1 Å². The highest BCUT2D eigenvalue weighted by Gasteiger charge is 2.31. The highest BCUT2D eigenvalue weighted by molar-refractivity contribution is 7.91. The van der Waals surface area contributed by atoms with Crippen LogP contribution >= 0.6 is 12.4 Å². The summed E-state index contributed by atoms with van der Waals surface area (Å²) in [6, 6.07) is 3.91. The monoisotopic (exact) mass is 384 g/mol. The van der Waals surface area contributed by atoms with Gasteiger partial charge in [-0.25, -0.2) is 16.8 Å². The number of sulfone groups is 1. The molecule has 1 atom stereocenters. The van der Waals surface area contributed by atoms with Crippen molar-refractivity contribution >= 4 is 32.3 Å². The zero-order valence-electron chi connectivity index (χ0n) is 13.1. The Labute approximate surface area is 143 Å². The Balaban J connectivity index is 0.00000264. The lowest BCUT2D eigenvalue weighted by Gasteiger charge is -2.31. The van der Waals surface area contributed by atoms with Crippen LogP contribution in [-0.2, 0) is 19.9 Å². The molecule has 0 aliphatic carbocycles. The van der Waals surface area contributed by atoms with Gasteiger partial charge in [0.25, 0.3) is 0 Å². The quantitative estimate of drug-likeness (QED) is 0.812. The van der Waals surface area contributed by atoms with E-state index in [9.17, 15) is 16.8 Å². The van der Waals surface area contributed by atoms with E-state index in [1.807, 2.05) is 6.92 Å². The summed E-state index contributed by atoms with van der Waals surface area (Å²) in [5, 5.41) is 3.17. The molecule has 0 radical (unpaired) electrons. The molecular weight excluding hydrogens is 364 g/mol. The predicted molar refractivity (Wildman–Crippen MR) is 89.6 cm³/mol. The van der Waals surface area contributed by atoms with E-state index in [4.69, 9.17) is 4.74 Å². The number of nitrogens with zero attached hydrogens (tertiary/aromatic N) is 1. The second-order valence-corrected chi connectivity index (χ2v) is 9.23. The van der Waals surface area contributed by atoms with Gasteiger partial charge in [-0.1, -0.05) is 0 Å². The molecule has 1 fully saturated rings. The van der Waals surface area contributed by atoms with Crippen LogP contribution in [-0.4, -0.2) is 60.2 Å². The maximum Gasteiger partial charge on any atom is 0.246 e. The number of methoxy groups -OCH3 is 1. The van der Waals surface area contributed by atoms with Crippen molar-refractivity contribution < 1.29 is 21.6 Å². The molecule has 132 valence electrons. The van der Waals surface area contributed by atoms with E-state index in [0.717, 1.165) is 12.3 Å². The number of halogens is 1. The Kier molecular flexibility index (Phi) is 6.45. The van der Waals surface area contributed by atoms with E-state index < -0.39 is 19.9 Å². The molecule has 0 spiro atoms. The molecule has 0 bridgehead atoms. The van der Waals surface area contributed by atoms with Crippen molar-refractivity contribution in [3.63, 3.8) is 0 Å². The maximum absolute atomic E-state index is 12.8. The molecule has 1 heterocycles. The number of ether oxygens (including phenoxy) is 1. The summed E-state index contributed by atoms with van der Waals surface area (Å²) in [6.07, 6.45) is 1.04. The lowest BCUT2D eigenvalue weighted by molar-refractivity contribution is 0.308. The van der Waals surface area contributed by atoms with Crippen molar-refractivity contribution in [3.8, 4) is 5.75 Å². The minimum Gasteiger partial charge on any atom is -0.495 e. The van der Waals surface area contributed by atoms with Crippen LogP contribution in [0.1, 0.15) is 6.92 Å². The van der Waals surface area contributed by atoms with Crippen molar-refractivity contribution in [3.05, 3.63) is 18.2 Å². The Bertz CT molecular complexity index is 765. The predicted octanol–water partition coefficient (Wildman–Crippen LogP) is 0.503. The van der Waals surface area contributed by atoms with Gasteiger partial charge in [0, 0.05) is 31.9 Å². The minimum atomic E-state index is -3.82. The van der Waals surface area contributed by atoms with E-state index in [-0.39, 0.29) is 34.0 Å². The van der Waals surface area contributed by atoms with Gasteiger partial charge in [0.15, 0.2) is 9.84 Å². The van der Waals surface area contributed by atoms with Gasteiger partial charge in [0.2, 0.25) is 10.0 Å². The van der Waals surface area contributed by atoms with Crippen LogP contribution in [0.4, 0.5) is 0 Å². The molecule has 1 aromatic rings. The fraction of sp³-hybridized carbons (Fsp3) is 0.538. The third kappa shape index (κ3) is 4.36. The summed E-state index contributed by atoms with van der Waals surface area (Å²) in [7, 11) is -5.96. The van der Waals surface area contributed by atoms with Crippen LogP contribution in [0.25, 0.3) is 0 Å².